The van der Waals surface area contributed by atoms with Gasteiger partial charge in [0.2, 0.25) is 0 Å². The lowest BCUT2D eigenvalue weighted by Crippen LogP contribution is -2.23. The molecule has 2 aliphatic rings. The van der Waals surface area contributed by atoms with Crippen molar-refractivity contribution in [2.75, 3.05) is 23.4 Å². The van der Waals surface area contributed by atoms with E-state index >= 15 is 0 Å². The maximum Gasteiger partial charge on any atom is 0.414 e. The first kappa shape index (κ1) is 18.3. The summed E-state index contributed by atoms with van der Waals surface area (Å²) in [6.45, 7) is 0.674. The molecule has 4 rings (SSSR count). The molecule has 0 spiro atoms. The van der Waals surface area contributed by atoms with E-state index in [9.17, 15) is 14.0 Å². The normalized spacial score (nSPS) is 16.9. The highest BCUT2D eigenvalue weighted by molar-refractivity contribution is 6.04. The maximum atomic E-state index is 14.2. The van der Waals surface area contributed by atoms with Gasteiger partial charge in [0.15, 0.2) is 0 Å². The average Bonchev–Trinajstić information content (AvgIpc) is 3.36. The summed E-state index contributed by atoms with van der Waals surface area (Å²) in [4.78, 5) is 25.6. The molecule has 1 saturated heterocycles. The largest absolute Gasteiger partial charge is 0.490 e. The first-order valence-electron chi connectivity index (χ1n) is 9.42. The number of nitrogens with one attached hydrogen (secondary N) is 1. The Labute approximate surface area is 162 Å². The molecule has 0 bridgehead atoms. The second-order valence-electron chi connectivity index (χ2n) is 6.93. The fraction of sp³-hybridized carbons (Fsp3) is 0.333. The van der Waals surface area contributed by atoms with Crippen LogP contribution in [0, 0.1) is 5.82 Å². The Kier molecular flexibility index (Phi) is 5.14. The SMILES string of the molecule is O=C(Nc1cc(N2CCOC2=O)ccc1F)c1ccc(OC2CCCC2)cc1. The minimum Gasteiger partial charge on any atom is -0.490 e. The van der Waals surface area contributed by atoms with Crippen LogP contribution in [0.3, 0.4) is 0 Å². The highest BCUT2D eigenvalue weighted by atomic mass is 19.1. The fourth-order valence-electron chi connectivity index (χ4n) is 3.48. The summed E-state index contributed by atoms with van der Waals surface area (Å²) in [5.41, 5.74) is 0.872. The van der Waals surface area contributed by atoms with Crippen LogP contribution in [0.25, 0.3) is 0 Å². The van der Waals surface area contributed by atoms with Crippen molar-refractivity contribution in [1.29, 1.82) is 0 Å². The Balaban J connectivity index is 1.44. The highest BCUT2D eigenvalue weighted by Crippen LogP contribution is 2.27. The predicted octanol–water partition coefficient (Wildman–Crippen LogP) is 4.36. The van der Waals surface area contributed by atoms with Gasteiger partial charge in [0.25, 0.3) is 5.91 Å². The van der Waals surface area contributed by atoms with Gasteiger partial charge < -0.3 is 14.8 Å². The molecule has 2 aromatic carbocycles. The molecule has 0 radical (unpaired) electrons. The fourth-order valence-corrected chi connectivity index (χ4v) is 3.48. The molecule has 6 nitrogen and oxygen atoms in total. The van der Waals surface area contributed by atoms with E-state index in [2.05, 4.69) is 5.32 Å². The van der Waals surface area contributed by atoms with Crippen molar-refractivity contribution in [3.05, 3.63) is 53.8 Å². The maximum absolute atomic E-state index is 14.2. The van der Waals surface area contributed by atoms with Gasteiger partial charge in [0.1, 0.15) is 18.2 Å². The summed E-state index contributed by atoms with van der Waals surface area (Å²) in [6, 6.07) is 10.9. The second kappa shape index (κ2) is 7.88. The number of carbonyl (C=O) groups is 2. The summed E-state index contributed by atoms with van der Waals surface area (Å²) < 4.78 is 24.9. The molecule has 7 heteroatoms. The van der Waals surface area contributed by atoms with E-state index in [1.54, 1.807) is 24.3 Å². The van der Waals surface area contributed by atoms with Crippen LogP contribution in [0.5, 0.6) is 5.75 Å². The van der Waals surface area contributed by atoms with Crippen molar-refractivity contribution < 1.29 is 23.5 Å². The number of carbonyl (C=O) groups excluding carboxylic acids is 2. The number of hydrogen-bond acceptors (Lipinski definition) is 4. The summed E-state index contributed by atoms with van der Waals surface area (Å²) in [5, 5.41) is 2.56. The van der Waals surface area contributed by atoms with Gasteiger partial charge in [-0.25, -0.2) is 9.18 Å². The number of ether oxygens (including phenoxy) is 2. The average molecular weight is 384 g/mol. The standard InChI is InChI=1S/C21H21FN2O4/c22-18-10-7-15(24-11-12-27-21(24)26)13-19(18)23-20(25)14-5-8-17(9-6-14)28-16-3-1-2-4-16/h5-10,13,16H,1-4,11-12H2,(H,23,25). The zero-order chi connectivity index (χ0) is 19.5. The van der Waals surface area contributed by atoms with E-state index < -0.39 is 17.8 Å². The molecule has 1 saturated carbocycles. The molecule has 1 aliphatic heterocycles. The molecule has 1 heterocycles. The van der Waals surface area contributed by atoms with Gasteiger partial charge in [-0.3, -0.25) is 9.69 Å². The number of anilines is 2. The van der Waals surface area contributed by atoms with E-state index in [0.717, 1.165) is 18.6 Å². The molecule has 28 heavy (non-hydrogen) atoms. The zero-order valence-electron chi connectivity index (χ0n) is 15.3. The van der Waals surface area contributed by atoms with Crippen LogP contribution in [0.4, 0.5) is 20.6 Å². The van der Waals surface area contributed by atoms with Crippen molar-refractivity contribution in [1.82, 2.24) is 0 Å². The Morgan fingerprint density at radius 3 is 2.57 bits per heavy atom. The lowest BCUT2D eigenvalue weighted by atomic mass is 10.2. The second-order valence-corrected chi connectivity index (χ2v) is 6.93. The molecule has 0 unspecified atom stereocenters. The number of hydrogen-bond donors (Lipinski definition) is 1. The van der Waals surface area contributed by atoms with Gasteiger partial charge in [-0.05, 0) is 68.1 Å². The number of amides is 2. The lowest BCUT2D eigenvalue weighted by molar-refractivity contribution is 0.102. The van der Waals surface area contributed by atoms with Crippen LogP contribution in [0.1, 0.15) is 36.0 Å². The van der Waals surface area contributed by atoms with Crippen LogP contribution in [-0.4, -0.2) is 31.3 Å². The van der Waals surface area contributed by atoms with Crippen molar-refractivity contribution in [3.63, 3.8) is 0 Å². The monoisotopic (exact) mass is 384 g/mol. The number of cyclic esters (lactones) is 1. The number of rotatable bonds is 5. The molecule has 0 atom stereocenters. The summed E-state index contributed by atoms with van der Waals surface area (Å²) in [6.07, 6.45) is 4.25. The molecule has 1 N–H and O–H groups in total. The lowest BCUT2D eigenvalue weighted by Gasteiger charge is -2.15. The smallest absolute Gasteiger partial charge is 0.414 e. The van der Waals surface area contributed by atoms with Gasteiger partial charge in [-0.2, -0.15) is 0 Å². The van der Waals surface area contributed by atoms with E-state index in [1.165, 1.54) is 35.9 Å². The van der Waals surface area contributed by atoms with E-state index in [1.807, 2.05) is 0 Å². The van der Waals surface area contributed by atoms with Crippen molar-refractivity contribution in [3.8, 4) is 5.75 Å². The molecule has 0 aromatic heterocycles. The first-order chi connectivity index (χ1) is 13.6. The molecule has 2 amide bonds. The number of benzene rings is 2. The van der Waals surface area contributed by atoms with Gasteiger partial charge in [-0.15, -0.1) is 0 Å². The van der Waals surface area contributed by atoms with Crippen molar-refractivity contribution in [2.45, 2.75) is 31.8 Å². The molecular weight excluding hydrogens is 363 g/mol. The van der Waals surface area contributed by atoms with E-state index in [4.69, 9.17) is 9.47 Å². The summed E-state index contributed by atoms with van der Waals surface area (Å²) >= 11 is 0. The van der Waals surface area contributed by atoms with Gasteiger partial charge in [-0.1, -0.05) is 0 Å². The minimum atomic E-state index is -0.578. The summed E-state index contributed by atoms with van der Waals surface area (Å²) in [5.74, 6) is -0.289. The molecular formula is C21H21FN2O4. The molecule has 2 fully saturated rings. The Bertz CT molecular complexity index is 878. The van der Waals surface area contributed by atoms with Crippen LogP contribution in [-0.2, 0) is 4.74 Å². The Morgan fingerprint density at radius 2 is 1.89 bits per heavy atom. The van der Waals surface area contributed by atoms with E-state index in [0.29, 0.717) is 17.8 Å². The van der Waals surface area contributed by atoms with Crippen LogP contribution >= 0.6 is 0 Å². The molecule has 2 aromatic rings. The quantitative estimate of drug-likeness (QED) is 0.832. The van der Waals surface area contributed by atoms with Gasteiger partial charge in [0, 0.05) is 11.3 Å². The molecule has 1 aliphatic carbocycles. The molecule has 146 valence electrons. The predicted molar refractivity (Wildman–Crippen MR) is 102 cm³/mol. The van der Waals surface area contributed by atoms with Crippen molar-refractivity contribution in [2.24, 2.45) is 0 Å². The topological polar surface area (TPSA) is 67.9 Å². The number of nitrogens with zero attached hydrogens (tertiary/aromatic N) is 1. The minimum absolute atomic E-state index is 0.00785. The van der Waals surface area contributed by atoms with Gasteiger partial charge >= 0.3 is 6.09 Å². The number of halogens is 1. The Morgan fingerprint density at radius 1 is 1.14 bits per heavy atom. The zero-order valence-corrected chi connectivity index (χ0v) is 15.3. The Hall–Kier alpha value is -3.09. The first-order valence-corrected chi connectivity index (χ1v) is 9.42. The third-order valence-corrected chi connectivity index (χ3v) is 4.99. The third-order valence-electron chi connectivity index (χ3n) is 4.99. The van der Waals surface area contributed by atoms with Crippen LogP contribution < -0.4 is 15.0 Å². The van der Waals surface area contributed by atoms with Crippen LogP contribution in [0.15, 0.2) is 42.5 Å². The van der Waals surface area contributed by atoms with Crippen molar-refractivity contribution >= 4 is 23.4 Å². The van der Waals surface area contributed by atoms with E-state index in [-0.39, 0.29) is 18.4 Å². The highest BCUT2D eigenvalue weighted by Gasteiger charge is 2.24. The third kappa shape index (κ3) is 3.93. The summed E-state index contributed by atoms with van der Waals surface area (Å²) in [7, 11) is 0. The van der Waals surface area contributed by atoms with Gasteiger partial charge in [0.05, 0.1) is 18.3 Å². The van der Waals surface area contributed by atoms with Crippen LogP contribution in [0.2, 0.25) is 0 Å².